The molecule has 0 radical (unpaired) electrons. The maximum atomic E-state index is 3.92. The summed E-state index contributed by atoms with van der Waals surface area (Å²) < 4.78 is 0. The van der Waals surface area contributed by atoms with Crippen molar-refractivity contribution >= 4 is 0 Å². The monoisotopic (exact) mass is 243 g/mol. The lowest BCUT2D eigenvalue weighted by Crippen LogP contribution is -2.45. The van der Waals surface area contributed by atoms with E-state index in [9.17, 15) is 0 Å². The van der Waals surface area contributed by atoms with Crippen molar-refractivity contribution in [2.45, 2.75) is 51.6 Å². The Bertz CT molecular complexity index is 374. The van der Waals surface area contributed by atoms with Gasteiger partial charge in [-0.15, -0.1) is 0 Å². The molecular weight excluding hydrogens is 218 g/mol. The predicted octanol–water partition coefficient (Wildman–Crippen LogP) is 4.16. The molecule has 0 saturated heterocycles. The molecule has 0 aliphatic heterocycles. The fourth-order valence-electron chi connectivity index (χ4n) is 3.19. The molecule has 3 rings (SSSR count). The van der Waals surface area contributed by atoms with Crippen LogP contribution in [-0.2, 0) is 0 Å². The van der Waals surface area contributed by atoms with Gasteiger partial charge in [0.15, 0.2) is 0 Å². The van der Waals surface area contributed by atoms with E-state index in [0.717, 1.165) is 23.8 Å². The number of hydrogen-bond acceptors (Lipinski definition) is 1. The van der Waals surface area contributed by atoms with Crippen LogP contribution in [0.5, 0.6) is 0 Å². The summed E-state index contributed by atoms with van der Waals surface area (Å²) >= 11 is 0. The highest BCUT2D eigenvalue weighted by molar-refractivity contribution is 5.21. The lowest BCUT2D eigenvalue weighted by Gasteiger charge is -2.41. The minimum absolute atomic E-state index is 0.615. The van der Waals surface area contributed by atoms with E-state index in [1.54, 1.807) is 0 Å². The second-order valence-corrected chi connectivity index (χ2v) is 6.56. The molecular formula is C17H25N. The van der Waals surface area contributed by atoms with E-state index in [1.165, 1.54) is 31.2 Å². The molecule has 1 nitrogen and oxygen atoms in total. The molecule has 1 unspecified atom stereocenters. The summed E-state index contributed by atoms with van der Waals surface area (Å²) in [6.07, 6.45) is 5.58. The smallest absolute Gasteiger partial charge is 0.0351 e. The van der Waals surface area contributed by atoms with Crippen LogP contribution in [0, 0.1) is 17.8 Å². The van der Waals surface area contributed by atoms with Crippen molar-refractivity contribution in [3.8, 4) is 0 Å². The van der Waals surface area contributed by atoms with Gasteiger partial charge in [-0.05, 0) is 49.0 Å². The highest BCUT2D eigenvalue weighted by Gasteiger charge is 2.37. The van der Waals surface area contributed by atoms with Crippen LogP contribution < -0.4 is 5.32 Å². The van der Waals surface area contributed by atoms with Gasteiger partial charge in [-0.2, -0.15) is 0 Å². The van der Waals surface area contributed by atoms with Crippen LogP contribution in [0.4, 0.5) is 0 Å². The van der Waals surface area contributed by atoms with Crippen molar-refractivity contribution in [3.05, 3.63) is 35.9 Å². The van der Waals surface area contributed by atoms with Gasteiger partial charge >= 0.3 is 0 Å². The van der Waals surface area contributed by atoms with Gasteiger partial charge in [-0.25, -0.2) is 0 Å². The Balaban J connectivity index is 1.59. The van der Waals surface area contributed by atoms with Crippen LogP contribution in [0.3, 0.4) is 0 Å². The second-order valence-electron chi connectivity index (χ2n) is 6.56. The largest absolute Gasteiger partial charge is 0.307 e. The zero-order valence-electron chi connectivity index (χ0n) is 11.6. The van der Waals surface area contributed by atoms with E-state index in [2.05, 4.69) is 49.5 Å². The first-order valence-electron chi connectivity index (χ1n) is 7.55. The van der Waals surface area contributed by atoms with E-state index in [0.29, 0.717) is 6.04 Å². The van der Waals surface area contributed by atoms with Crippen LogP contribution in [0.1, 0.15) is 51.1 Å². The van der Waals surface area contributed by atoms with Gasteiger partial charge in [-0.3, -0.25) is 0 Å². The number of benzene rings is 1. The van der Waals surface area contributed by atoms with Gasteiger partial charge in [0, 0.05) is 12.1 Å². The Kier molecular flexibility index (Phi) is 3.43. The van der Waals surface area contributed by atoms with Crippen molar-refractivity contribution in [1.82, 2.24) is 5.32 Å². The topological polar surface area (TPSA) is 12.0 Å². The van der Waals surface area contributed by atoms with Gasteiger partial charge in [0.05, 0.1) is 0 Å². The van der Waals surface area contributed by atoms with Crippen LogP contribution >= 0.6 is 0 Å². The summed E-state index contributed by atoms with van der Waals surface area (Å²) in [7, 11) is 0. The zero-order valence-corrected chi connectivity index (χ0v) is 11.6. The number of nitrogens with one attached hydrogen (secondary N) is 1. The Labute approximate surface area is 111 Å². The fourth-order valence-corrected chi connectivity index (χ4v) is 3.19. The van der Waals surface area contributed by atoms with Gasteiger partial charge in [0.1, 0.15) is 0 Å². The maximum absolute atomic E-state index is 3.92. The molecule has 0 spiro atoms. The molecule has 1 N–H and O–H groups in total. The van der Waals surface area contributed by atoms with Crippen molar-refractivity contribution in [1.29, 1.82) is 0 Å². The molecule has 98 valence electrons. The Morgan fingerprint density at radius 2 is 1.67 bits per heavy atom. The third kappa shape index (κ3) is 2.61. The standard InChI is InChI=1S/C17H25N/c1-12(2)15-10-16(11-15)18-17(14-8-9-14)13-6-4-3-5-7-13/h3-7,12,14-18H,8-11H2,1-2H3. The molecule has 2 saturated carbocycles. The first kappa shape index (κ1) is 12.2. The van der Waals surface area contributed by atoms with Crippen molar-refractivity contribution in [2.24, 2.45) is 17.8 Å². The molecule has 1 atom stereocenters. The summed E-state index contributed by atoms with van der Waals surface area (Å²) in [6, 6.07) is 12.4. The first-order chi connectivity index (χ1) is 8.74. The van der Waals surface area contributed by atoms with E-state index in [-0.39, 0.29) is 0 Å². The normalized spacial score (nSPS) is 29.1. The van der Waals surface area contributed by atoms with Gasteiger partial charge in [-0.1, -0.05) is 44.2 Å². The van der Waals surface area contributed by atoms with E-state index in [1.807, 2.05) is 0 Å². The third-order valence-corrected chi connectivity index (χ3v) is 4.78. The number of hydrogen-bond donors (Lipinski definition) is 1. The average molecular weight is 243 g/mol. The Morgan fingerprint density at radius 1 is 1.00 bits per heavy atom. The minimum atomic E-state index is 0.615. The number of rotatable bonds is 5. The van der Waals surface area contributed by atoms with E-state index < -0.39 is 0 Å². The molecule has 0 bridgehead atoms. The molecule has 1 heteroatoms. The Hall–Kier alpha value is -0.820. The van der Waals surface area contributed by atoms with Gasteiger partial charge in [0.2, 0.25) is 0 Å². The van der Waals surface area contributed by atoms with Crippen LogP contribution in [-0.4, -0.2) is 6.04 Å². The molecule has 1 aromatic rings. The molecule has 0 aromatic heterocycles. The third-order valence-electron chi connectivity index (χ3n) is 4.78. The Morgan fingerprint density at radius 3 is 2.22 bits per heavy atom. The van der Waals surface area contributed by atoms with E-state index in [4.69, 9.17) is 0 Å². The molecule has 18 heavy (non-hydrogen) atoms. The summed E-state index contributed by atoms with van der Waals surface area (Å²) in [4.78, 5) is 0. The lowest BCUT2D eigenvalue weighted by atomic mass is 9.73. The SMILES string of the molecule is CC(C)C1CC(NC(c2ccccc2)C2CC2)C1. The zero-order chi connectivity index (χ0) is 12.5. The molecule has 2 aliphatic carbocycles. The average Bonchev–Trinajstić information content (AvgIpc) is 3.12. The molecule has 2 aliphatic rings. The molecule has 1 aromatic carbocycles. The lowest BCUT2D eigenvalue weighted by molar-refractivity contribution is 0.153. The summed E-state index contributed by atoms with van der Waals surface area (Å²) in [5.74, 6) is 2.71. The van der Waals surface area contributed by atoms with Gasteiger partial charge in [0.25, 0.3) is 0 Å². The summed E-state index contributed by atoms with van der Waals surface area (Å²) in [6.45, 7) is 4.72. The molecule has 0 heterocycles. The van der Waals surface area contributed by atoms with Crippen LogP contribution in [0.2, 0.25) is 0 Å². The van der Waals surface area contributed by atoms with Crippen molar-refractivity contribution < 1.29 is 0 Å². The summed E-state index contributed by atoms with van der Waals surface area (Å²) in [5, 5.41) is 3.92. The van der Waals surface area contributed by atoms with E-state index >= 15 is 0 Å². The predicted molar refractivity (Wildman–Crippen MR) is 76.4 cm³/mol. The van der Waals surface area contributed by atoms with Crippen LogP contribution in [0.25, 0.3) is 0 Å². The summed E-state index contributed by atoms with van der Waals surface area (Å²) in [5.41, 5.74) is 1.49. The van der Waals surface area contributed by atoms with Crippen LogP contribution in [0.15, 0.2) is 30.3 Å². The van der Waals surface area contributed by atoms with Gasteiger partial charge < -0.3 is 5.32 Å². The second kappa shape index (κ2) is 5.05. The van der Waals surface area contributed by atoms with Crippen molar-refractivity contribution in [3.63, 3.8) is 0 Å². The highest BCUT2D eigenvalue weighted by Crippen LogP contribution is 2.43. The molecule has 0 amide bonds. The molecule has 2 fully saturated rings. The van der Waals surface area contributed by atoms with Crippen molar-refractivity contribution in [2.75, 3.05) is 0 Å². The first-order valence-corrected chi connectivity index (χ1v) is 7.55. The highest BCUT2D eigenvalue weighted by atomic mass is 15.0. The minimum Gasteiger partial charge on any atom is -0.307 e. The quantitative estimate of drug-likeness (QED) is 0.818. The maximum Gasteiger partial charge on any atom is 0.0351 e. The fraction of sp³-hybridized carbons (Fsp3) is 0.647.